The van der Waals surface area contributed by atoms with Crippen molar-refractivity contribution in [3.8, 4) is 0 Å². The average molecular weight is 367 g/mol. The van der Waals surface area contributed by atoms with Gasteiger partial charge in [-0.25, -0.2) is 9.78 Å². The zero-order valence-electron chi connectivity index (χ0n) is 14.4. The van der Waals surface area contributed by atoms with Crippen LogP contribution < -0.4 is 11.1 Å². The Morgan fingerprint density at radius 3 is 2.81 bits per heavy atom. The highest BCUT2D eigenvalue weighted by Gasteiger charge is 2.24. The minimum Gasteiger partial charge on any atom is -0.442 e. The number of carbonyl (C=O) groups excluding carboxylic acids is 1. The number of aromatic nitrogens is 5. The van der Waals surface area contributed by atoms with E-state index in [4.69, 9.17) is 9.15 Å². The maximum atomic E-state index is 12.5. The van der Waals surface area contributed by atoms with Gasteiger partial charge in [-0.2, -0.15) is 4.68 Å². The van der Waals surface area contributed by atoms with E-state index in [1.165, 1.54) is 24.9 Å². The van der Waals surface area contributed by atoms with Crippen LogP contribution in [0.25, 0.3) is 22.0 Å². The zero-order chi connectivity index (χ0) is 19.1. The molecule has 0 amide bonds. The van der Waals surface area contributed by atoms with Gasteiger partial charge in [0.25, 0.3) is 11.1 Å². The summed E-state index contributed by atoms with van der Waals surface area (Å²) in [7, 11) is 1.51. The van der Waals surface area contributed by atoms with Crippen molar-refractivity contribution < 1.29 is 13.9 Å². The molecule has 0 spiro atoms. The number of hydrogen-bond acceptors (Lipinski definition) is 8. The molecule has 0 N–H and O–H groups in total. The van der Waals surface area contributed by atoms with Crippen LogP contribution in [0, 0.1) is 6.92 Å². The van der Waals surface area contributed by atoms with Crippen molar-refractivity contribution in [3.05, 3.63) is 62.6 Å². The third kappa shape index (κ3) is 2.67. The second-order valence-corrected chi connectivity index (χ2v) is 5.85. The Kier molecular flexibility index (Phi) is 3.80. The van der Waals surface area contributed by atoms with Crippen LogP contribution in [-0.2, 0) is 18.5 Å². The largest absolute Gasteiger partial charge is 0.442 e. The van der Waals surface area contributed by atoms with Gasteiger partial charge in [0.05, 0.1) is 5.39 Å². The Bertz CT molecular complexity index is 1320. The van der Waals surface area contributed by atoms with Crippen molar-refractivity contribution >= 4 is 28.0 Å². The van der Waals surface area contributed by atoms with Crippen LogP contribution in [0.15, 0.2) is 44.6 Å². The first-order chi connectivity index (χ1) is 13.0. The molecule has 0 radical (unpaired) electrons. The molecule has 0 saturated heterocycles. The number of carbonyl (C=O) groups is 1. The highest BCUT2D eigenvalue weighted by molar-refractivity contribution is 6.03. The number of esters is 1. The predicted octanol–water partition coefficient (Wildman–Crippen LogP) is 0.754. The van der Waals surface area contributed by atoms with Crippen LogP contribution in [0.2, 0.25) is 0 Å². The second kappa shape index (κ2) is 6.16. The summed E-state index contributed by atoms with van der Waals surface area (Å²) in [6.07, 6.45) is 1.30. The maximum absolute atomic E-state index is 12.5. The van der Waals surface area contributed by atoms with E-state index in [9.17, 15) is 14.4 Å². The van der Waals surface area contributed by atoms with Gasteiger partial charge in [-0.05, 0) is 19.1 Å². The van der Waals surface area contributed by atoms with Gasteiger partial charge < -0.3 is 13.7 Å². The van der Waals surface area contributed by atoms with Gasteiger partial charge in [0.1, 0.15) is 28.6 Å². The molecule has 0 bridgehead atoms. The number of hydrogen-bond donors (Lipinski definition) is 0. The second-order valence-electron chi connectivity index (χ2n) is 5.85. The molecule has 0 fully saturated rings. The van der Waals surface area contributed by atoms with E-state index < -0.39 is 23.8 Å². The molecule has 1 aromatic carbocycles. The van der Waals surface area contributed by atoms with E-state index in [-0.39, 0.29) is 22.4 Å². The van der Waals surface area contributed by atoms with Crippen molar-refractivity contribution in [2.45, 2.75) is 13.7 Å². The third-order valence-electron chi connectivity index (χ3n) is 4.10. The fraction of sp³-hybridized carbons (Fsp3) is 0.176. The van der Waals surface area contributed by atoms with Crippen molar-refractivity contribution in [1.82, 2.24) is 24.5 Å². The third-order valence-corrected chi connectivity index (χ3v) is 4.10. The number of nitrogens with zero attached hydrogens (tertiary/aromatic N) is 5. The zero-order valence-corrected chi connectivity index (χ0v) is 14.4. The maximum Gasteiger partial charge on any atom is 0.344 e. The minimum absolute atomic E-state index is 0.0273. The van der Waals surface area contributed by atoms with Crippen LogP contribution in [0.4, 0.5) is 0 Å². The Balaban J connectivity index is 1.68. The van der Waals surface area contributed by atoms with Crippen molar-refractivity contribution in [2.24, 2.45) is 7.05 Å². The summed E-state index contributed by atoms with van der Waals surface area (Å²) in [5.41, 5.74) is -0.423. The van der Waals surface area contributed by atoms with E-state index in [1.807, 2.05) is 0 Å². The van der Waals surface area contributed by atoms with Crippen LogP contribution >= 0.6 is 0 Å². The summed E-state index contributed by atoms with van der Waals surface area (Å²) < 4.78 is 12.7. The number of ether oxygens (including phenoxy) is 1. The number of fused-ring (bicyclic) bond motifs is 2. The molecule has 3 aromatic heterocycles. The van der Waals surface area contributed by atoms with Gasteiger partial charge in [-0.1, -0.05) is 17.3 Å². The molecule has 10 nitrogen and oxygen atoms in total. The summed E-state index contributed by atoms with van der Waals surface area (Å²) in [6, 6.07) is 6.70. The van der Waals surface area contributed by atoms with Gasteiger partial charge in [-0.15, -0.1) is 5.10 Å². The molecule has 0 saturated carbocycles. The smallest absolute Gasteiger partial charge is 0.344 e. The van der Waals surface area contributed by atoms with E-state index in [2.05, 4.69) is 15.3 Å². The molecule has 27 heavy (non-hydrogen) atoms. The molecular formula is C17H13N5O5. The topological polar surface area (TPSA) is 122 Å². The Hall–Kier alpha value is -3.82. The van der Waals surface area contributed by atoms with E-state index in [1.54, 1.807) is 24.3 Å². The van der Waals surface area contributed by atoms with Crippen LogP contribution in [0.3, 0.4) is 0 Å². The number of furan rings is 1. The molecule has 0 aliphatic rings. The molecule has 0 aliphatic carbocycles. The number of rotatable bonds is 3. The lowest BCUT2D eigenvalue weighted by Gasteiger charge is -2.06. The first-order valence-corrected chi connectivity index (χ1v) is 7.92. The Morgan fingerprint density at radius 1 is 1.22 bits per heavy atom. The SMILES string of the molecule is Cc1oc2ncn(C)c(=O)c2c1C(=O)OCn1nnc2ccccc2c1=O. The van der Waals surface area contributed by atoms with Crippen molar-refractivity contribution in [1.29, 1.82) is 0 Å². The average Bonchev–Trinajstić information content (AvgIpc) is 3.01. The summed E-state index contributed by atoms with van der Waals surface area (Å²) in [5, 5.41) is 8.05. The molecule has 4 aromatic rings. The molecule has 136 valence electrons. The van der Waals surface area contributed by atoms with Gasteiger partial charge in [0.2, 0.25) is 5.71 Å². The van der Waals surface area contributed by atoms with Gasteiger partial charge >= 0.3 is 5.97 Å². The number of aryl methyl sites for hydroxylation is 2. The molecular weight excluding hydrogens is 354 g/mol. The molecule has 0 unspecified atom stereocenters. The summed E-state index contributed by atoms with van der Waals surface area (Å²) in [5.74, 6) is -0.624. The standard InChI is InChI=1S/C17H13N5O5/c1-9-12(13-14(27-9)18-7-21(2)16(13)24)17(25)26-8-22-15(23)10-5-3-4-6-11(10)19-20-22/h3-7H,8H2,1-2H3. The normalized spacial score (nSPS) is 11.2. The van der Waals surface area contributed by atoms with Crippen LogP contribution in [-0.4, -0.2) is 30.5 Å². The Labute approximate surface area is 150 Å². The Morgan fingerprint density at radius 2 is 2.00 bits per heavy atom. The molecule has 0 atom stereocenters. The summed E-state index contributed by atoms with van der Waals surface area (Å²) in [4.78, 5) is 41.2. The first kappa shape index (κ1) is 16.6. The fourth-order valence-corrected chi connectivity index (χ4v) is 2.73. The minimum atomic E-state index is -0.821. The summed E-state index contributed by atoms with van der Waals surface area (Å²) >= 11 is 0. The number of benzene rings is 1. The monoisotopic (exact) mass is 367 g/mol. The van der Waals surface area contributed by atoms with Gasteiger partial charge in [-0.3, -0.25) is 9.59 Å². The van der Waals surface area contributed by atoms with Gasteiger partial charge in [0.15, 0.2) is 6.73 Å². The highest BCUT2D eigenvalue weighted by atomic mass is 16.5. The molecule has 4 rings (SSSR count). The lowest BCUT2D eigenvalue weighted by molar-refractivity contribution is 0.0336. The van der Waals surface area contributed by atoms with Crippen molar-refractivity contribution in [3.63, 3.8) is 0 Å². The fourth-order valence-electron chi connectivity index (χ4n) is 2.73. The lowest BCUT2D eigenvalue weighted by atomic mass is 10.2. The predicted molar refractivity (Wildman–Crippen MR) is 93.2 cm³/mol. The first-order valence-electron chi connectivity index (χ1n) is 7.92. The highest BCUT2D eigenvalue weighted by Crippen LogP contribution is 2.21. The van der Waals surface area contributed by atoms with Crippen molar-refractivity contribution in [2.75, 3.05) is 0 Å². The quantitative estimate of drug-likeness (QED) is 0.486. The van der Waals surface area contributed by atoms with E-state index in [0.29, 0.717) is 10.9 Å². The van der Waals surface area contributed by atoms with E-state index >= 15 is 0 Å². The summed E-state index contributed by atoms with van der Waals surface area (Å²) in [6.45, 7) is 1.07. The molecule has 3 heterocycles. The van der Waals surface area contributed by atoms with Gasteiger partial charge in [0, 0.05) is 7.05 Å². The van der Waals surface area contributed by atoms with E-state index in [0.717, 1.165) is 4.68 Å². The molecule has 10 heteroatoms. The van der Waals surface area contributed by atoms with Crippen LogP contribution in [0.1, 0.15) is 16.1 Å². The lowest BCUT2D eigenvalue weighted by Crippen LogP contribution is -2.27. The molecule has 0 aliphatic heterocycles. The van der Waals surface area contributed by atoms with Crippen LogP contribution in [0.5, 0.6) is 0 Å².